The van der Waals surface area contributed by atoms with Crippen LogP contribution in [-0.2, 0) is 0 Å². The van der Waals surface area contributed by atoms with Crippen molar-refractivity contribution in [1.29, 1.82) is 0 Å². The Morgan fingerprint density at radius 2 is 2.15 bits per heavy atom. The zero-order chi connectivity index (χ0) is 14.1. The minimum atomic E-state index is 0.188. The monoisotopic (exact) mass is 288 g/mol. The van der Waals surface area contributed by atoms with Crippen molar-refractivity contribution in [1.82, 2.24) is 4.90 Å². The van der Waals surface area contributed by atoms with Gasteiger partial charge in [-0.3, -0.25) is 4.79 Å². The molecule has 0 aromatic carbocycles. The van der Waals surface area contributed by atoms with Crippen LogP contribution in [0, 0.1) is 30.6 Å². The first-order chi connectivity index (χ1) is 9.69. The lowest BCUT2D eigenvalue weighted by atomic mass is 10.0. The number of likely N-dealkylation sites (tertiary alicyclic amines) is 1. The summed E-state index contributed by atoms with van der Waals surface area (Å²) < 4.78 is 0. The molecule has 20 heavy (non-hydrogen) atoms. The fraction of sp³-hybridized carbons (Fsp3) is 0.562. The van der Waals surface area contributed by atoms with Crippen molar-refractivity contribution in [2.75, 3.05) is 19.6 Å². The van der Waals surface area contributed by atoms with Gasteiger partial charge in [-0.15, -0.1) is 11.3 Å². The van der Waals surface area contributed by atoms with Crippen molar-refractivity contribution in [2.24, 2.45) is 17.6 Å². The molecule has 2 N–H and O–H groups in total. The Bertz CT molecular complexity index is 569. The molecule has 1 saturated heterocycles. The molecule has 1 aliphatic carbocycles. The van der Waals surface area contributed by atoms with Crippen molar-refractivity contribution < 1.29 is 4.79 Å². The number of hydrogen-bond donors (Lipinski definition) is 1. The van der Waals surface area contributed by atoms with Crippen LogP contribution < -0.4 is 5.73 Å². The Morgan fingerprint density at radius 1 is 1.45 bits per heavy atom. The fourth-order valence-corrected chi connectivity index (χ4v) is 4.41. The first-order valence-electron chi connectivity index (χ1n) is 7.27. The highest BCUT2D eigenvalue weighted by Crippen LogP contribution is 2.38. The van der Waals surface area contributed by atoms with E-state index in [-0.39, 0.29) is 5.91 Å². The van der Waals surface area contributed by atoms with Crippen LogP contribution >= 0.6 is 11.3 Å². The van der Waals surface area contributed by atoms with Gasteiger partial charge in [0.1, 0.15) is 0 Å². The second-order valence-electron chi connectivity index (χ2n) is 5.79. The first kappa shape index (κ1) is 13.7. The number of carbonyl (C=O) groups excluding carboxylic acids is 1. The minimum absolute atomic E-state index is 0.188. The quantitative estimate of drug-likeness (QED) is 0.806. The van der Waals surface area contributed by atoms with Crippen LogP contribution in [0.4, 0.5) is 0 Å². The summed E-state index contributed by atoms with van der Waals surface area (Å²) >= 11 is 1.50. The van der Waals surface area contributed by atoms with E-state index in [1.165, 1.54) is 30.6 Å². The first-order valence-corrected chi connectivity index (χ1v) is 8.09. The van der Waals surface area contributed by atoms with Crippen LogP contribution in [0.5, 0.6) is 0 Å². The number of carbonyl (C=O) groups is 1. The fourth-order valence-electron chi connectivity index (χ4n) is 3.40. The third-order valence-corrected chi connectivity index (χ3v) is 5.59. The number of nitrogens with two attached hydrogens (primary N) is 1. The maximum atomic E-state index is 12.6. The van der Waals surface area contributed by atoms with Gasteiger partial charge in [0.05, 0.1) is 16.3 Å². The Kier molecular flexibility index (Phi) is 3.82. The zero-order valence-corrected chi connectivity index (χ0v) is 12.6. The molecule has 2 heterocycles. The van der Waals surface area contributed by atoms with E-state index in [0.29, 0.717) is 6.54 Å². The summed E-state index contributed by atoms with van der Waals surface area (Å²) in [5, 5.41) is 0. The Labute approximate surface area is 124 Å². The van der Waals surface area contributed by atoms with Crippen LogP contribution in [0.15, 0.2) is 6.07 Å². The molecule has 106 valence electrons. The highest BCUT2D eigenvalue weighted by Gasteiger charge is 2.38. The average molecular weight is 288 g/mol. The number of rotatable bonds is 1. The number of nitrogens with zero attached hydrogens (tertiary/aromatic N) is 1. The predicted molar refractivity (Wildman–Crippen MR) is 81.7 cm³/mol. The average Bonchev–Trinajstić information content (AvgIpc) is 3.09. The van der Waals surface area contributed by atoms with Crippen LogP contribution in [0.3, 0.4) is 0 Å². The van der Waals surface area contributed by atoms with E-state index in [2.05, 4.69) is 11.8 Å². The highest BCUT2D eigenvalue weighted by atomic mass is 32.1. The summed E-state index contributed by atoms with van der Waals surface area (Å²) in [6, 6.07) is 1.97. The summed E-state index contributed by atoms with van der Waals surface area (Å²) in [7, 11) is 0. The number of thiophene rings is 1. The van der Waals surface area contributed by atoms with Crippen LogP contribution in [0.25, 0.3) is 0 Å². The van der Waals surface area contributed by atoms with Gasteiger partial charge in [0.2, 0.25) is 0 Å². The molecule has 1 aromatic heterocycles. The minimum Gasteiger partial charge on any atom is -0.337 e. The molecule has 0 radical (unpaired) electrons. The van der Waals surface area contributed by atoms with Crippen molar-refractivity contribution in [3.05, 3.63) is 21.4 Å². The summed E-state index contributed by atoms with van der Waals surface area (Å²) in [4.78, 5) is 16.4. The standard InChI is InChI=1S/C16H20N2OS/c1-11-8-15(20-14(11)6-3-7-17)16(19)18-9-12-4-2-5-13(12)10-18/h8,12-13H,2,4-5,7,9-10,17H2,1H3. The molecule has 3 nitrogen and oxygen atoms in total. The maximum absolute atomic E-state index is 12.6. The van der Waals surface area contributed by atoms with Gasteiger partial charge in [-0.05, 0) is 43.2 Å². The SMILES string of the molecule is Cc1cc(C(=O)N2CC3CCCC3C2)sc1C#CCN. The lowest BCUT2D eigenvalue weighted by molar-refractivity contribution is 0.0785. The van der Waals surface area contributed by atoms with E-state index in [1.54, 1.807) is 0 Å². The molecular formula is C16H20N2OS. The van der Waals surface area contributed by atoms with Gasteiger partial charge in [-0.1, -0.05) is 18.3 Å². The number of hydrogen-bond acceptors (Lipinski definition) is 3. The normalized spacial score (nSPS) is 24.4. The topological polar surface area (TPSA) is 46.3 Å². The number of fused-ring (bicyclic) bond motifs is 1. The van der Waals surface area contributed by atoms with Crippen LogP contribution in [0.2, 0.25) is 0 Å². The van der Waals surface area contributed by atoms with E-state index < -0.39 is 0 Å². The molecule has 1 saturated carbocycles. The molecule has 0 spiro atoms. The van der Waals surface area contributed by atoms with Gasteiger partial charge in [-0.2, -0.15) is 0 Å². The van der Waals surface area contributed by atoms with Gasteiger partial charge in [0, 0.05) is 13.1 Å². The maximum Gasteiger partial charge on any atom is 0.263 e. The summed E-state index contributed by atoms with van der Waals surface area (Å²) in [6.45, 7) is 4.26. The Morgan fingerprint density at radius 3 is 2.80 bits per heavy atom. The Hall–Kier alpha value is -1.31. The molecule has 2 atom stereocenters. The van der Waals surface area contributed by atoms with Crippen LogP contribution in [-0.4, -0.2) is 30.4 Å². The molecule has 3 rings (SSSR count). The van der Waals surface area contributed by atoms with E-state index in [4.69, 9.17) is 5.73 Å². The molecule has 4 heteroatoms. The van der Waals surface area contributed by atoms with Gasteiger partial charge in [-0.25, -0.2) is 0 Å². The molecule has 2 aliphatic rings. The zero-order valence-electron chi connectivity index (χ0n) is 11.8. The summed E-state index contributed by atoms with van der Waals surface area (Å²) in [5.74, 6) is 7.60. The van der Waals surface area contributed by atoms with E-state index in [0.717, 1.165) is 40.2 Å². The third kappa shape index (κ3) is 2.48. The molecule has 0 bridgehead atoms. The third-order valence-electron chi connectivity index (χ3n) is 4.45. The summed E-state index contributed by atoms with van der Waals surface area (Å²) in [6.07, 6.45) is 3.94. The second kappa shape index (κ2) is 5.59. The van der Waals surface area contributed by atoms with E-state index >= 15 is 0 Å². The molecule has 2 fully saturated rings. The van der Waals surface area contributed by atoms with Gasteiger partial charge >= 0.3 is 0 Å². The second-order valence-corrected chi connectivity index (χ2v) is 6.84. The lowest BCUT2D eigenvalue weighted by Crippen LogP contribution is -2.28. The van der Waals surface area contributed by atoms with E-state index in [9.17, 15) is 4.79 Å². The van der Waals surface area contributed by atoms with Gasteiger partial charge < -0.3 is 10.6 Å². The Balaban J connectivity index is 1.74. The molecular weight excluding hydrogens is 268 g/mol. The number of amides is 1. The van der Waals surface area contributed by atoms with Crippen LogP contribution in [0.1, 0.15) is 39.4 Å². The molecule has 1 aromatic rings. The van der Waals surface area contributed by atoms with Crippen molar-refractivity contribution in [3.8, 4) is 11.8 Å². The smallest absolute Gasteiger partial charge is 0.263 e. The van der Waals surface area contributed by atoms with Crippen molar-refractivity contribution in [2.45, 2.75) is 26.2 Å². The molecule has 1 amide bonds. The van der Waals surface area contributed by atoms with Crippen molar-refractivity contribution >= 4 is 17.2 Å². The predicted octanol–water partition coefficient (Wildman–Crippen LogP) is 2.24. The molecule has 2 unspecified atom stereocenters. The lowest BCUT2D eigenvalue weighted by Gasteiger charge is -2.15. The molecule has 1 aliphatic heterocycles. The van der Waals surface area contributed by atoms with E-state index in [1.807, 2.05) is 17.9 Å². The van der Waals surface area contributed by atoms with Gasteiger partial charge in [0.15, 0.2) is 0 Å². The summed E-state index contributed by atoms with van der Waals surface area (Å²) in [5.41, 5.74) is 6.48. The largest absolute Gasteiger partial charge is 0.337 e. The highest BCUT2D eigenvalue weighted by molar-refractivity contribution is 7.14. The van der Waals surface area contributed by atoms with Gasteiger partial charge in [0.25, 0.3) is 5.91 Å². The number of aryl methyl sites for hydroxylation is 1. The van der Waals surface area contributed by atoms with Crippen molar-refractivity contribution in [3.63, 3.8) is 0 Å².